The van der Waals surface area contributed by atoms with Gasteiger partial charge in [-0.1, -0.05) is 13.0 Å². The Balaban J connectivity index is 2.09. The third-order valence-corrected chi connectivity index (χ3v) is 4.16. The van der Waals surface area contributed by atoms with Crippen LogP contribution in [-0.4, -0.2) is 16.8 Å². The van der Waals surface area contributed by atoms with Crippen molar-refractivity contribution in [3.05, 3.63) is 45.4 Å². The summed E-state index contributed by atoms with van der Waals surface area (Å²) in [5, 5.41) is 5.71. The second kappa shape index (κ2) is 6.49. The topological polar surface area (TPSA) is 85.1 Å². The molecule has 21 heavy (non-hydrogen) atoms. The number of hydrogen-bond donors (Lipinski definition) is 2. The second-order valence-corrected chi connectivity index (χ2v) is 5.60. The molecule has 0 aliphatic rings. The Morgan fingerprint density at radius 1 is 1.38 bits per heavy atom. The summed E-state index contributed by atoms with van der Waals surface area (Å²) in [4.78, 5) is 27.7. The van der Waals surface area contributed by atoms with Gasteiger partial charge in [0.1, 0.15) is 0 Å². The molecule has 2 amide bonds. The number of thiazole rings is 1. The molecule has 0 unspecified atom stereocenters. The van der Waals surface area contributed by atoms with E-state index in [0.29, 0.717) is 16.8 Å². The van der Waals surface area contributed by atoms with Gasteiger partial charge in [0.2, 0.25) is 11.8 Å². The summed E-state index contributed by atoms with van der Waals surface area (Å²) in [6, 6.07) is 5.08. The van der Waals surface area contributed by atoms with Crippen molar-refractivity contribution in [3.63, 3.8) is 0 Å². The van der Waals surface area contributed by atoms with Gasteiger partial charge < -0.3 is 11.1 Å². The van der Waals surface area contributed by atoms with Gasteiger partial charge in [0.05, 0.1) is 17.1 Å². The standard InChI is InChI=1S/C15H17N3O2S/c1-3-14-17-10(8-21-14)7-13(19)18-12-6-4-5-11(9(12)2)15(16)20/h4-6,8H,3,7H2,1-2H3,(H2,16,20)(H,18,19). The van der Waals surface area contributed by atoms with Crippen molar-refractivity contribution < 1.29 is 9.59 Å². The largest absolute Gasteiger partial charge is 0.366 e. The van der Waals surface area contributed by atoms with Crippen LogP contribution in [0.5, 0.6) is 0 Å². The fraction of sp³-hybridized carbons (Fsp3) is 0.267. The van der Waals surface area contributed by atoms with Crippen molar-refractivity contribution in [2.75, 3.05) is 5.32 Å². The number of amides is 2. The number of carbonyl (C=O) groups excluding carboxylic acids is 2. The quantitative estimate of drug-likeness (QED) is 0.888. The van der Waals surface area contributed by atoms with Crippen LogP contribution in [0.25, 0.3) is 0 Å². The second-order valence-electron chi connectivity index (χ2n) is 4.65. The van der Waals surface area contributed by atoms with E-state index in [0.717, 1.165) is 17.1 Å². The Morgan fingerprint density at radius 3 is 2.76 bits per heavy atom. The van der Waals surface area contributed by atoms with Gasteiger partial charge in [0.25, 0.3) is 0 Å². The average Bonchev–Trinajstić information content (AvgIpc) is 2.88. The van der Waals surface area contributed by atoms with Crippen LogP contribution >= 0.6 is 11.3 Å². The highest BCUT2D eigenvalue weighted by Crippen LogP contribution is 2.19. The predicted octanol–water partition coefficient (Wildman–Crippen LogP) is 2.29. The van der Waals surface area contributed by atoms with E-state index < -0.39 is 5.91 Å². The molecule has 1 aromatic heterocycles. The highest BCUT2D eigenvalue weighted by Gasteiger charge is 2.12. The van der Waals surface area contributed by atoms with Gasteiger partial charge in [-0.25, -0.2) is 4.98 Å². The lowest BCUT2D eigenvalue weighted by molar-refractivity contribution is -0.115. The zero-order valence-corrected chi connectivity index (χ0v) is 12.8. The molecule has 3 N–H and O–H groups in total. The number of benzene rings is 1. The zero-order chi connectivity index (χ0) is 15.4. The molecule has 6 heteroatoms. The first-order valence-electron chi connectivity index (χ1n) is 6.63. The maximum atomic E-state index is 12.1. The number of hydrogen-bond acceptors (Lipinski definition) is 4. The van der Waals surface area contributed by atoms with Gasteiger partial charge in [-0.05, 0) is 31.0 Å². The molecule has 0 spiro atoms. The van der Waals surface area contributed by atoms with Crippen LogP contribution in [0.2, 0.25) is 0 Å². The highest BCUT2D eigenvalue weighted by atomic mass is 32.1. The van der Waals surface area contributed by atoms with Crippen molar-refractivity contribution in [1.82, 2.24) is 4.98 Å². The van der Waals surface area contributed by atoms with Gasteiger partial charge in [0.15, 0.2) is 0 Å². The van der Waals surface area contributed by atoms with E-state index in [1.54, 1.807) is 36.5 Å². The van der Waals surface area contributed by atoms with E-state index in [4.69, 9.17) is 5.73 Å². The Morgan fingerprint density at radius 2 is 2.14 bits per heavy atom. The maximum Gasteiger partial charge on any atom is 0.249 e. The van der Waals surface area contributed by atoms with Crippen LogP contribution in [0.3, 0.4) is 0 Å². The highest BCUT2D eigenvalue weighted by molar-refractivity contribution is 7.09. The van der Waals surface area contributed by atoms with E-state index in [2.05, 4.69) is 10.3 Å². The molecule has 0 aliphatic heterocycles. The summed E-state index contributed by atoms with van der Waals surface area (Å²) in [5.74, 6) is -0.664. The maximum absolute atomic E-state index is 12.1. The summed E-state index contributed by atoms with van der Waals surface area (Å²) >= 11 is 1.56. The molecule has 1 aromatic carbocycles. The summed E-state index contributed by atoms with van der Waals surface area (Å²) in [6.07, 6.45) is 1.09. The Bertz CT molecular complexity index is 679. The van der Waals surface area contributed by atoms with Crippen LogP contribution in [0, 0.1) is 6.92 Å². The number of aromatic nitrogens is 1. The third-order valence-electron chi connectivity index (χ3n) is 3.12. The number of rotatable bonds is 5. The first-order valence-corrected chi connectivity index (χ1v) is 7.51. The van der Waals surface area contributed by atoms with E-state index in [9.17, 15) is 9.59 Å². The Kier molecular flexibility index (Phi) is 4.70. The van der Waals surface area contributed by atoms with Crippen LogP contribution in [0.1, 0.15) is 33.5 Å². The molecular weight excluding hydrogens is 286 g/mol. The molecule has 2 rings (SSSR count). The molecule has 0 atom stereocenters. The minimum Gasteiger partial charge on any atom is -0.366 e. The molecule has 0 aliphatic carbocycles. The van der Waals surface area contributed by atoms with Crippen LogP contribution in [-0.2, 0) is 17.6 Å². The smallest absolute Gasteiger partial charge is 0.249 e. The van der Waals surface area contributed by atoms with Gasteiger partial charge in [-0.2, -0.15) is 0 Å². The normalized spacial score (nSPS) is 10.4. The first-order chi connectivity index (χ1) is 10.0. The lowest BCUT2D eigenvalue weighted by atomic mass is 10.1. The molecule has 110 valence electrons. The monoisotopic (exact) mass is 303 g/mol. The number of nitrogens with one attached hydrogen (secondary N) is 1. The van der Waals surface area contributed by atoms with Crippen molar-refractivity contribution in [2.24, 2.45) is 5.73 Å². The lowest BCUT2D eigenvalue weighted by Crippen LogP contribution is -2.18. The van der Waals surface area contributed by atoms with Gasteiger partial charge >= 0.3 is 0 Å². The summed E-state index contributed by atoms with van der Waals surface area (Å²) in [6.45, 7) is 3.79. The Hall–Kier alpha value is -2.21. The van der Waals surface area contributed by atoms with Crippen LogP contribution in [0.15, 0.2) is 23.6 Å². The zero-order valence-electron chi connectivity index (χ0n) is 12.0. The van der Waals surface area contributed by atoms with Crippen molar-refractivity contribution in [1.29, 1.82) is 0 Å². The van der Waals surface area contributed by atoms with Crippen molar-refractivity contribution in [3.8, 4) is 0 Å². The molecule has 0 fully saturated rings. The fourth-order valence-electron chi connectivity index (χ4n) is 1.99. The van der Waals surface area contributed by atoms with Crippen molar-refractivity contribution in [2.45, 2.75) is 26.7 Å². The molecule has 0 saturated carbocycles. The molecule has 5 nitrogen and oxygen atoms in total. The number of anilines is 1. The number of nitrogens with zero attached hydrogens (tertiary/aromatic N) is 1. The number of nitrogens with two attached hydrogens (primary N) is 1. The SMILES string of the molecule is CCc1nc(CC(=O)Nc2cccc(C(N)=O)c2C)cs1. The van der Waals surface area contributed by atoms with E-state index in [1.165, 1.54) is 0 Å². The van der Waals surface area contributed by atoms with Gasteiger partial charge in [0, 0.05) is 16.6 Å². The summed E-state index contributed by atoms with van der Waals surface area (Å²) in [7, 11) is 0. The Labute approximate surface area is 127 Å². The molecule has 0 bridgehead atoms. The first kappa shape index (κ1) is 15.2. The van der Waals surface area contributed by atoms with Gasteiger partial charge in [-0.15, -0.1) is 11.3 Å². The van der Waals surface area contributed by atoms with Gasteiger partial charge in [-0.3, -0.25) is 9.59 Å². The molecule has 0 radical (unpaired) electrons. The molecular formula is C15H17N3O2S. The lowest BCUT2D eigenvalue weighted by Gasteiger charge is -2.10. The fourth-order valence-corrected chi connectivity index (χ4v) is 2.73. The summed E-state index contributed by atoms with van der Waals surface area (Å²) in [5.41, 5.74) is 7.74. The number of primary amides is 1. The van der Waals surface area contributed by atoms with E-state index >= 15 is 0 Å². The van der Waals surface area contributed by atoms with Crippen LogP contribution in [0.4, 0.5) is 5.69 Å². The van der Waals surface area contributed by atoms with Crippen LogP contribution < -0.4 is 11.1 Å². The predicted molar refractivity (Wildman–Crippen MR) is 83.5 cm³/mol. The summed E-state index contributed by atoms with van der Waals surface area (Å²) < 4.78 is 0. The molecule has 1 heterocycles. The molecule has 2 aromatic rings. The van der Waals surface area contributed by atoms with E-state index in [1.807, 2.05) is 12.3 Å². The number of carbonyl (C=O) groups is 2. The number of aryl methyl sites for hydroxylation is 1. The third kappa shape index (κ3) is 3.66. The minimum atomic E-state index is -0.504. The average molecular weight is 303 g/mol. The van der Waals surface area contributed by atoms with E-state index in [-0.39, 0.29) is 12.3 Å². The van der Waals surface area contributed by atoms with Crippen molar-refractivity contribution >= 4 is 28.8 Å². The minimum absolute atomic E-state index is 0.160. The molecule has 0 saturated heterocycles.